The van der Waals surface area contributed by atoms with Crippen LogP contribution >= 0.6 is 22.9 Å². The van der Waals surface area contributed by atoms with Crippen molar-refractivity contribution in [1.82, 2.24) is 4.98 Å². The van der Waals surface area contributed by atoms with Gasteiger partial charge in [-0.15, -0.1) is 11.3 Å². The summed E-state index contributed by atoms with van der Waals surface area (Å²) >= 11 is 7.19. The number of nitriles is 2. The van der Waals surface area contributed by atoms with Crippen LogP contribution < -0.4 is 4.90 Å². The van der Waals surface area contributed by atoms with Gasteiger partial charge in [0.25, 0.3) is 0 Å². The summed E-state index contributed by atoms with van der Waals surface area (Å²) in [6, 6.07) is 10.4. The van der Waals surface area contributed by atoms with Crippen molar-refractivity contribution < 1.29 is 4.79 Å². The molecule has 5 nitrogen and oxygen atoms in total. The van der Waals surface area contributed by atoms with Gasteiger partial charge in [0.1, 0.15) is 17.7 Å². The number of thiazole rings is 1. The van der Waals surface area contributed by atoms with Crippen LogP contribution in [0, 0.1) is 22.7 Å². The molecule has 0 aliphatic heterocycles. The van der Waals surface area contributed by atoms with Crippen LogP contribution in [0.3, 0.4) is 0 Å². The summed E-state index contributed by atoms with van der Waals surface area (Å²) in [4.78, 5) is 17.6. The van der Waals surface area contributed by atoms with Crippen molar-refractivity contribution in [3.8, 4) is 12.1 Å². The summed E-state index contributed by atoms with van der Waals surface area (Å²) < 4.78 is 0. The molecule has 0 radical (unpaired) electrons. The number of rotatable bonds is 3. The van der Waals surface area contributed by atoms with E-state index >= 15 is 0 Å². The Labute approximate surface area is 136 Å². The fraction of sp³-hybridized carbons (Fsp3) is 0.0667. The minimum absolute atomic E-state index is 0.0472. The average Bonchev–Trinajstić information content (AvgIpc) is 2.92. The van der Waals surface area contributed by atoms with Crippen LogP contribution in [0.2, 0.25) is 5.02 Å². The Morgan fingerprint density at radius 2 is 2.14 bits per heavy atom. The normalized spacial score (nSPS) is 9.45. The van der Waals surface area contributed by atoms with Gasteiger partial charge >= 0.3 is 0 Å². The van der Waals surface area contributed by atoms with Crippen molar-refractivity contribution >= 4 is 45.7 Å². The van der Waals surface area contributed by atoms with Crippen LogP contribution in [0.1, 0.15) is 12.6 Å². The monoisotopic (exact) mass is 328 g/mol. The number of halogens is 1. The summed E-state index contributed by atoms with van der Waals surface area (Å²) in [5.41, 5.74) is 1.01. The number of carbonyl (C=O) groups is 1. The maximum Gasteiger partial charge on any atom is 0.230 e. The van der Waals surface area contributed by atoms with Crippen molar-refractivity contribution in [2.24, 2.45) is 0 Å². The molecule has 0 aliphatic rings. The Kier molecular flexibility index (Phi) is 4.90. The van der Waals surface area contributed by atoms with E-state index in [2.05, 4.69) is 4.98 Å². The number of amides is 1. The Bertz CT molecular complexity index is 813. The summed E-state index contributed by atoms with van der Waals surface area (Å²) in [7, 11) is 0. The highest BCUT2D eigenvalue weighted by molar-refractivity contribution is 7.14. The molecule has 1 amide bonds. The molecule has 0 saturated carbocycles. The average molecular weight is 329 g/mol. The highest BCUT2D eigenvalue weighted by Crippen LogP contribution is 2.30. The third-order valence-corrected chi connectivity index (χ3v) is 3.69. The molecule has 0 atom stereocenters. The third kappa shape index (κ3) is 3.50. The SMILES string of the molecule is CC(=O)N(c1cccc(Cl)c1)c1nc(C=C(C#N)C#N)cs1. The number of anilines is 2. The number of nitrogens with zero attached hydrogens (tertiary/aromatic N) is 4. The molecule has 22 heavy (non-hydrogen) atoms. The topological polar surface area (TPSA) is 80.8 Å². The number of benzene rings is 1. The first-order valence-electron chi connectivity index (χ1n) is 6.09. The van der Waals surface area contributed by atoms with Gasteiger partial charge in [0, 0.05) is 17.3 Å². The lowest BCUT2D eigenvalue weighted by molar-refractivity contribution is -0.115. The van der Waals surface area contributed by atoms with Crippen molar-refractivity contribution in [3.05, 3.63) is 45.9 Å². The molecule has 0 saturated heterocycles. The van der Waals surface area contributed by atoms with Crippen LogP contribution in [0.4, 0.5) is 10.8 Å². The van der Waals surface area contributed by atoms with E-state index < -0.39 is 0 Å². The molecular weight excluding hydrogens is 320 g/mol. The second kappa shape index (κ2) is 6.86. The van der Waals surface area contributed by atoms with Gasteiger partial charge in [-0.3, -0.25) is 9.69 Å². The fourth-order valence-corrected chi connectivity index (χ4v) is 2.75. The number of carbonyl (C=O) groups excluding carboxylic acids is 1. The van der Waals surface area contributed by atoms with E-state index in [-0.39, 0.29) is 11.5 Å². The molecule has 2 aromatic rings. The first-order chi connectivity index (χ1) is 10.5. The molecule has 1 aromatic heterocycles. The van der Waals surface area contributed by atoms with Crippen molar-refractivity contribution in [2.75, 3.05) is 4.90 Å². The largest absolute Gasteiger partial charge is 0.274 e. The van der Waals surface area contributed by atoms with E-state index in [1.54, 1.807) is 41.8 Å². The molecule has 0 aliphatic carbocycles. The minimum atomic E-state index is -0.215. The molecular formula is C15H9ClN4OS. The summed E-state index contributed by atoms with van der Waals surface area (Å²) in [5.74, 6) is -0.215. The fourth-order valence-electron chi connectivity index (χ4n) is 1.72. The van der Waals surface area contributed by atoms with Crippen LogP contribution in [0.5, 0.6) is 0 Å². The van der Waals surface area contributed by atoms with E-state index in [0.717, 1.165) is 0 Å². The molecule has 108 valence electrons. The van der Waals surface area contributed by atoms with E-state index in [9.17, 15) is 4.79 Å². The van der Waals surface area contributed by atoms with Gasteiger partial charge in [-0.05, 0) is 24.3 Å². The third-order valence-electron chi connectivity index (χ3n) is 2.62. The number of allylic oxidation sites excluding steroid dienone is 1. The van der Waals surface area contributed by atoms with Gasteiger partial charge in [-0.2, -0.15) is 10.5 Å². The van der Waals surface area contributed by atoms with Crippen LogP contribution in [0.15, 0.2) is 35.2 Å². The van der Waals surface area contributed by atoms with Gasteiger partial charge in [0.05, 0.1) is 11.4 Å². The summed E-state index contributed by atoms with van der Waals surface area (Å²) in [6.45, 7) is 1.42. The Balaban J connectivity index is 2.42. The zero-order valence-electron chi connectivity index (χ0n) is 11.4. The maximum absolute atomic E-state index is 11.9. The molecule has 1 aromatic carbocycles. The first-order valence-corrected chi connectivity index (χ1v) is 7.34. The predicted molar refractivity (Wildman–Crippen MR) is 85.6 cm³/mol. The van der Waals surface area contributed by atoms with Crippen LogP contribution in [-0.2, 0) is 4.79 Å². The summed E-state index contributed by atoms with van der Waals surface area (Å²) in [6.07, 6.45) is 1.37. The maximum atomic E-state index is 11.9. The molecule has 7 heteroatoms. The lowest BCUT2D eigenvalue weighted by Crippen LogP contribution is -2.22. The molecule has 1 heterocycles. The minimum Gasteiger partial charge on any atom is -0.274 e. The lowest BCUT2D eigenvalue weighted by atomic mass is 10.3. The van der Waals surface area contributed by atoms with E-state index in [4.69, 9.17) is 22.1 Å². The zero-order valence-corrected chi connectivity index (χ0v) is 13.0. The Morgan fingerprint density at radius 3 is 2.73 bits per heavy atom. The molecule has 0 N–H and O–H groups in total. The van der Waals surface area contributed by atoms with Crippen LogP contribution in [-0.4, -0.2) is 10.9 Å². The van der Waals surface area contributed by atoms with E-state index in [1.807, 2.05) is 0 Å². The zero-order chi connectivity index (χ0) is 16.1. The molecule has 0 fully saturated rings. The van der Waals surface area contributed by atoms with Gasteiger partial charge in [0.2, 0.25) is 5.91 Å². The Morgan fingerprint density at radius 1 is 1.41 bits per heavy atom. The van der Waals surface area contributed by atoms with Gasteiger partial charge in [-0.25, -0.2) is 4.98 Å². The first kappa shape index (κ1) is 15.7. The van der Waals surface area contributed by atoms with E-state index in [1.165, 1.54) is 29.2 Å². The number of aromatic nitrogens is 1. The number of hydrogen-bond acceptors (Lipinski definition) is 5. The van der Waals surface area contributed by atoms with E-state index in [0.29, 0.717) is 21.5 Å². The van der Waals surface area contributed by atoms with Crippen molar-refractivity contribution in [1.29, 1.82) is 10.5 Å². The predicted octanol–water partition coefficient (Wildman–Crippen LogP) is 3.91. The van der Waals surface area contributed by atoms with Crippen molar-refractivity contribution in [2.45, 2.75) is 6.92 Å². The molecule has 0 bridgehead atoms. The summed E-state index contributed by atoms with van der Waals surface area (Å²) in [5, 5.41) is 20.1. The van der Waals surface area contributed by atoms with Crippen LogP contribution in [0.25, 0.3) is 6.08 Å². The quantitative estimate of drug-likeness (QED) is 0.800. The highest BCUT2D eigenvalue weighted by atomic mass is 35.5. The molecule has 0 spiro atoms. The van der Waals surface area contributed by atoms with Crippen molar-refractivity contribution in [3.63, 3.8) is 0 Å². The second-order valence-electron chi connectivity index (χ2n) is 4.17. The second-order valence-corrected chi connectivity index (χ2v) is 5.44. The Hall–Kier alpha value is -2.67. The number of hydrogen-bond donors (Lipinski definition) is 0. The smallest absolute Gasteiger partial charge is 0.230 e. The highest BCUT2D eigenvalue weighted by Gasteiger charge is 2.18. The lowest BCUT2D eigenvalue weighted by Gasteiger charge is -2.18. The standard InChI is InChI=1S/C15H9ClN4OS/c1-10(21)20(14-4-2-3-12(16)6-14)15-19-13(9-22-15)5-11(7-17)8-18/h2-6,9H,1H3. The van der Waals surface area contributed by atoms with Gasteiger partial charge in [-0.1, -0.05) is 17.7 Å². The van der Waals surface area contributed by atoms with Gasteiger partial charge < -0.3 is 0 Å². The van der Waals surface area contributed by atoms with Gasteiger partial charge in [0.15, 0.2) is 5.13 Å². The molecule has 2 rings (SSSR count). The molecule has 0 unspecified atom stereocenters.